The number of ether oxygens (including phenoxy) is 1. The number of hydrogen-bond donors (Lipinski definition) is 1. The molecule has 3 heterocycles. The lowest BCUT2D eigenvalue weighted by atomic mass is 10.1. The fraction of sp³-hybridized carbons (Fsp3) is 0.148. The molecule has 0 aliphatic heterocycles. The molecule has 0 radical (unpaired) electrons. The highest BCUT2D eigenvalue weighted by molar-refractivity contribution is 6.31. The van der Waals surface area contributed by atoms with Gasteiger partial charge in [0.05, 0.1) is 29.2 Å². The number of aromatic nitrogens is 3. The van der Waals surface area contributed by atoms with E-state index in [0.29, 0.717) is 50.0 Å². The number of para-hydroxylation sites is 1. The second kappa shape index (κ2) is 11.0. The van der Waals surface area contributed by atoms with Gasteiger partial charge >= 0.3 is 0 Å². The molecule has 0 bridgehead atoms. The van der Waals surface area contributed by atoms with Crippen molar-refractivity contribution in [3.05, 3.63) is 104 Å². The quantitative estimate of drug-likeness (QED) is 0.344. The molecule has 0 atom stereocenters. The number of hydrogen-bond acceptors (Lipinski definition) is 7. The van der Waals surface area contributed by atoms with Crippen molar-refractivity contribution in [3.63, 3.8) is 0 Å². The number of rotatable bonds is 7. The van der Waals surface area contributed by atoms with Gasteiger partial charge in [-0.25, -0.2) is 9.37 Å². The third-order valence-electron chi connectivity index (χ3n) is 5.51. The molecule has 0 saturated heterocycles. The molecule has 8 nitrogen and oxygen atoms in total. The van der Waals surface area contributed by atoms with Gasteiger partial charge in [-0.2, -0.15) is 5.26 Å². The van der Waals surface area contributed by atoms with Crippen molar-refractivity contribution < 1.29 is 9.13 Å². The first-order chi connectivity index (χ1) is 17.8. The van der Waals surface area contributed by atoms with Crippen molar-refractivity contribution >= 4 is 34.4 Å². The van der Waals surface area contributed by atoms with Gasteiger partial charge in [-0.15, -0.1) is 0 Å². The van der Waals surface area contributed by atoms with E-state index in [2.05, 4.69) is 15.0 Å². The molecule has 0 spiro atoms. The Bertz CT molecular complexity index is 1660. The van der Waals surface area contributed by atoms with Crippen molar-refractivity contribution in [2.45, 2.75) is 27.0 Å². The molecule has 0 saturated carbocycles. The van der Waals surface area contributed by atoms with Crippen molar-refractivity contribution in [3.8, 4) is 11.8 Å². The SMILES string of the molecule is Cc1cc(Cl)c(COc2cccc3c(N=C/C(F)=C\N)cc(C)nc23)c(Cn2cccc(C#N)c2=O)n1. The molecule has 37 heavy (non-hydrogen) atoms. The van der Waals surface area contributed by atoms with Crippen molar-refractivity contribution in [1.82, 2.24) is 14.5 Å². The second-order valence-corrected chi connectivity index (χ2v) is 8.58. The predicted molar refractivity (Wildman–Crippen MR) is 141 cm³/mol. The molecule has 0 aliphatic carbocycles. The van der Waals surface area contributed by atoms with Crippen LogP contribution in [-0.2, 0) is 13.2 Å². The monoisotopic (exact) mass is 516 g/mol. The number of nitrogens with zero attached hydrogens (tertiary/aromatic N) is 5. The maximum Gasteiger partial charge on any atom is 0.268 e. The van der Waals surface area contributed by atoms with Crippen LogP contribution in [0, 0.1) is 25.2 Å². The van der Waals surface area contributed by atoms with Crippen molar-refractivity contribution in [1.29, 1.82) is 5.26 Å². The normalized spacial score (nSPS) is 11.7. The van der Waals surface area contributed by atoms with Gasteiger partial charge in [0.15, 0.2) is 5.83 Å². The Morgan fingerprint density at radius 3 is 2.78 bits per heavy atom. The molecule has 0 aliphatic rings. The van der Waals surface area contributed by atoms with E-state index in [9.17, 15) is 14.4 Å². The fourth-order valence-corrected chi connectivity index (χ4v) is 4.11. The van der Waals surface area contributed by atoms with E-state index in [0.717, 1.165) is 12.4 Å². The van der Waals surface area contributed by atoms with Crippen molar-refractivity contribution in [2.24, 2.45) is 10.7 Å². The number of aryl methyl sites for hydroxylation is 2. The van der Waals surface area contributed by atoms with Gasteiger partial charge in [-0.05, 0) is 44.2 Å². The summed E-state index contributed by atoms with van der Waals surface area (Å²) in [6.45, 7) is 3.76. The summed E-state index contributed by atoms with van der Waals surface area (Å²) in [6, 6.07) is 13.8. The number of benzene rings is 1. The Kier molecular flexibility index (Phi) is 7.60. The maximum absolute atomic E-state index is 13.5. The summed E-state index contributed by atoms with van der Waals surface area (Å²) in [5.41, 5.74) is 8.35. The lowest BCUT2D eigenvalue weighted by Gasteiger charge is -2.15. The topological polar surface area (TPSA) is 119 Å². The Morgan fingerprint density at radius 2 is 2.03 bits per heavy atom. The lowest BCUT2D eigenvalue weighted by molar-refractivity contribution is 0.307. The zero-order valence-corrected chi connectivity index (χ0v) is 20.8. The average Bonchev–Trinajstić information content (AvgIpc) is 2.87. The highest BCUT2D eigenvalue weighted by Crippen LogP contribution is 2.33. The van der Waals surface area contributed by atoms with Crippen LogP contribution >= 0.6 is 11.6 Å². The molecule has 2 N–H and O–H groups in total. The predicted octanol–water partition coefficient (Wildman–Crippen LogP) is 5.03. The zero-order chi connectivity index (χ0) is 26.5. The molecule has 10 heteroatoms. The van der Waals surface area contributed by atoms with Crippen LogP contribution in [0.2, 0.25) is 5.02 Å². The molecule has 4 aromatic rings. The van der Waals surface area contributed by atoms with Gasteiger partial charge < -0.3 is 15.0 Å². The number of allylic oxidation sites excluding steroid dienone is 1. The van der Waals surface area contributed by atoms with Crippen LogP contribution in [0.25, 0.3) is 10.9 Å². The van der Waals surface area contributed by atoms with E-state index >= 15 is 0 Å². The zero-order valence-electron chi connectivity index (χ0n) is 20.1. The molecule has 186 valence electrons. The molecule has 1 aromatic carbocycles. The number of fused-ring (bicyclic) bond motifs is 1. The number of aliphatic imine (C=N–C) groups is 1. The Hall–Kier alpha value is -4.55. The first kappa shape index (κ1) is 25.5. The number of nitriles is 1. The summed E-state index contributed by atoms with van der Waals surface area (Å²) in [5.74, 6) is -0.192. The lowest BCUT2D eigenvalue weighted by Crippen LogP contribution is -2.23. The van der Waals surface area contributed by atoms with Gasteiger partial charge in [0.1, 0.15) is 29.5 Å². The third-order valence-corrected chi connectivity index (χ3v) is 5.85. The van der Waals surface area contributed by atoms with E-state index in [1.807, 2.05) is 12.1 Å². The van der Waals surface area contributed by atoms with Gasteiger partial charge in [0.2, 0.25) is 0 Å². The molecular weight excluding hydrogens is 495 g/mol. The number of halogens is 2. The van der Waals surface area contributed by atoms with E-state index in [1.54, 1.807) is 50.4 Å². The summed E-state index contributed by atoms with van der Waals surface area (Å²) in [5, 5.41) is 10.3. The molecule has 0 fully saturated rings. The molecular formula is C27H22ClFN6O2. The summed E-state index contributed by atoms with van der Waals surface area (Å²) in [4.78, 5) is 26.0. The van der Waals surface area contributed by atoms with E-state index < -0.39 is 11.4 Å². The fourth-order valence-electron chi connectivity index (χ4n) is 3.79. The van der Waals surface area contributed by atoms with Crippen LogP contribution in [0.1, 0.15) is 28.2 Å². The maximum atomic E-state index is 13.5. The largest absolute Gasteiger partial charge is 0.486 e. The van der Waals surface area contributed by atoms with Crippen LogP contribution in [-0.4, -0.2) is 20.7 Å². The van der Waals surface area contributed by atoms with Crippen LogP contribution in [0.3, 0.4) is 0 Å². The molecule has 3 aromatic heterocycles. The second-order valence-electron chi connectivity index (χ2n) is 8.17. The first-order valence-electron chi connectivity index (χ1n) is 11.2. The van der Waals surface area contributed by atoms with Crippen LogP contribution in [0.5, 0.6) is 5.75 Å². The van der Waals surface area contributed by atoms with Crippen LogP contribution in [0.15, 0.2) is 70.5 Å². The van der Waals surface area contributed by atoms with Gasteiger partial charge in [-0.1, -0.05) is 23.7 Å². The molecule has 0 unspecified atom stereocenters. The summed E-state index contributed by atoms with van der Waals surface area (Å²) in [7, 11) is 0. The van der Waals surface area contributed by atoms with Crippen LogP contribution in [0.4, 0.5) is 10.1 Å². The van der Waals surface area contributed by atoms with E-state index in [-0.39, 0.29) is 18.7 Å². The first-order valence-corrected chi connectivity index (χ1v) is 11.6. The highest BCUT2D eigenvalue weighted by atomic mass is 35.5. The average molecular weight is 517 g/mol. The number of pyridine rings is 3. The highest BCUT2D eigenvalue weighted by Gasteiger charge is 2.15. The minimum absolute atomic E-state index is 0.0385. The molecule has 4 rings (SSSR count). The Labute approximate surface area is 217 Å². The smallest absolute Gasteiger partial charge is 0.268 e. The van der Waals surface area contributed by atoms with Gasteiger partial charge in [-0.3, -0.25) is 14.8 Å². The van der Waals surface area contributed by atoms with E-state index in [1.165, 1.54) is 10.6 Å². The Morgan fingerprint density at radius 1 is 1.24 bits per heavy atom. The minimum atomic E-state index is -0.663. The summed E-state index contributed by atoms with van der Waals surface area (Å²) >= 11 is 6.57. The standard InChI is InChI=1S/C27H22ClFN6O2/c1-16-9-22(28)21(24(33-16)14-35-8-4-5-18(11-30)27(35)36)15-37-25-7-3-6-20-23(32-13-19(29)12-31)10-17(2)34-26(20)25/h3-10,12-13H,14-15,31H2,1-2H3/b19-12+,32-13?. The van der Waals surface area contributed by atoms with Gasteiger partial charge in [0.25, 0.3) is 5.56 Å². The van der Waals surface area contributed by atoms with Crippen LogP contribution < -0.4 is 16.0 Å². The Balaban J connectivity index is 1.71. The summed E-state index contributed by atoms with van der Waals surface area (Å²) in [6.07, 6.45) is 3.46. The minimum Gasteiger partial charge on any atom is -0.486 e. The van der Waals surface area contributed by atoms with Gasteiger partial charge in [0, 0.05) is 34.7 Å². The third kappa shape index (κ3) is 5.66. The summed E-state index contributed by atoms with van der Waals surface area (Å²) < 4.78 is 21.1. The van der Waals surface area contributed by atoms with E-state index in [4.69, 9.17) is 22.1 Å². The number of nitrogens with two attached hydrogens (primary N) is 1. The van der Waals surface area contributed by atoms with Crippen molar-refractivity contribution in [2.75, 3.05) is 0 Å². The molecule has 0 amide bonds.